The Kier molecular flexibility index (Phi) is 7.82. The van der Waals surface area contributed by atoms with E-state index >= 15 is 0 Å². The van der Waals surface area contributed by atoms with Gasteiger partial charge in [-0.2, -0.15) is 10.4 Å². The maximum Gasteiger partial charge on any atom is 0.274 e. The molecule has 0 unspecified atom stereocenters. The van der Waals surface area contributed by atoms with Crippen LogP contribution in [0.3, 0.4) is 0 Å². The van der Waals surface area contributed by atoms with Crippen LogP contribution >= 0.6 is 27.5 Å². The predicted octanol–water partition coefficient (Wildman–Crippen LogP) is 5.46. The summed E-state index contributed by atoms with van der Waals surface area (Å²) in [5.41, 5.74) is 3.61. The minimum atomic E-state index is -0.811. The lowest BCUT2D eigenvalue weighted by molar-refractivity contribution is 0.0951. The number of nitrogens with zero attached hydrogens (tertiary/aromatic N) is 2. The molecule has 0 radical (unpaired) electrons. The molecule has 0 bridgehead atoms. The summed E-state index contributed by atoms with van der Waals surface area (Å²) in [5.74, 6) is -0.803. The van der Waals surface area contributed by atoms with Gasteiger partial charge in [0.15, 0.2) is 11.5 Å². The number of ether oxygens (including phenoxy) is 2. The zero-order valence-electron chi connectivity index (χ0n) is 16.7. The van der Waals surface area contributed by atoms with E-state index in [0.717, 1.165) is 16.1 Å². The standard InChI is InChI=1S/C23H16BrClFN3O3/c1-31-21-10-16(8-19(25)22(21)32-13-14-2-5-17(24)6-3-14)12-28-29-23(30)18-7-4-15(11-27)9-20(18)26/h2-10,12H,13H2,1H3,(H,29,30)/b28-12-. The van der Waals surface area contributed by atoms with Gasteiger partial charge >= 0.3 is 0 Å². The summed E-state index contributed by atoms with van der Waals surface area (Å²) in [6.07, 6.45) is 1.34. The van der Waals surface area contributed by atoms with Crippen LogP contribution in [-0.4, -0.2) is 19.2 Å². The van der Waals surface area contributed by atoms with Gasteiger partial charge in [-0.25, -0.2) is 9.82 Å². The molecule has 0 aromatic heterocycles. The van der Waals surface area contributed by atoms with Gasteiger partial charge in [0.2, 0.25) is 0 Å². The van der Waals surface area contributed by atoms with E-state index in [1.165, 1.54) is 25.5 Å². The van der Waals surface area contributed by atoms with Crippen molar-refractivity contribution in [1.29, 1.82) is 5.26 Å². The Morgan fingerprint density at radius 3 is 2.66 bits per heavy atom. The van der Waals surface area contributed by atoms with Crippen molar-refractivity contribution in [3.63, 3.8) is 0 Å². The summed E-state index contributed by atoms with van der Waals surface area (Å²) in [7, 11) is 1.48. The molecular weight excluding hydrogens is 501 g/mol. The first-order valence-electron chi connectivity index (χ1n) is 9.19. The zero-order chi connectivity index (χ0) is 23.1. The van der Waals surface area contributed by atoms with Gasteiger partial charge in [0.05, 0.1) is 35.5 Å². The number of amides is 1. The van der Waals surface area contributed by atoms with Crippen molar-refractivity contribution in [2.45, 2.75) is 6.61 Å². The second kappa shape index (κ2) is 10.8. The average molecular weight is 517 g/mol. The molecule has 0 spiro atoms. The van der Waals surface area contributed by atoms with E-state index in [1.54, 1.807) is 18.2 Å². The second-order valence-corrected chi connectivity index (χ2v) is 7.78. The minimum absolute atomic E-state index is 0.117. The normalized spacial score (nSPS) is 10.6. The van der Waals surface area contributed by atoms with E-state index in [2.05, 4.69) is 26.5 Å². The van der Waals surface area contributed by atoms with Crippen LogP contribution in [0.25, 0.3) is 0 Å². The molecule has 0 aliphatic rings. The van der Waals surface area contributed by atoms with Gasteiger partial charge in [-0.15, -0.1) is 0 Å². The highest BCUT2D eigenvalue weighted by Crippen LogP contribution is 2.36. The molecular formula is C23H16BrClFN3O3. The average Bonchev–Trinajstić information content (AvgIpc) is 2.78. The maximum absolute atomic E-state index is 13.9. The largest absolute Gasteiger partial charge is 0.493 e. The van der Waals surface area contributed by atoms with Gasteiger partial charge in [0.25, 0.3) is 5.91 Å². The maximum atomic E-state index is 13.9. The molecule has 0 fully saturated rings. The molecule has 0 saturated heterocycles. The monoisotopic (exact) mass is 515 g/mol. The van der Waals surface area contributed by atoms with E-state index in [4.69, 9.17) is 26.3 Å². The fourth-order valence-corrected chi connectivity index (χ4v) is 3.22. The van der Waals surface area contributed by atoms with Gasteiger partial charge < -0.3 is 9.47 Å². The second-order valence-electron chi connectivity index (χ2n) is 6.45. The van der Waals surface area contributed by atoms with Crippen LogP contribution < -0.4 is 14.9 Å². The summed E-state index contributed by atoms with van der Waals surface area (Å²) >= 11 is 9.74. The number of nitriles is 1. The number of benzene rings is 3. The van der Waals surface area contributed by atoms with Gasteiger partial charge in [-0.3, -0.25) is 4.79 Å². The Labute approximate surface area is 197 Å². The van der Waals surface area contributed by atoms with Gasteiger partial charge in [0.1, 0.15) is 12.4 Å². The van der Waals surface area contributed by atoms with E-state index in [9.17, 15) is 9.18 Å². The molecule has 6 nitrogen and oxygen atoms in total. The molecule has 9 heteroatoms. The van der Waals surface area contributed by atoms with Gasteiger partial charge in [-0.05, 0) is 53.6 Å². The first kappa shape index (κ1) is 23.3. The fraction of sp³-hybridized carbons (Fsp3) is 0.0870. The van der Waals surface area contributed by atoms with E-state index in [0.29, 0.717) is 28.7 Å². The number of halogens is 3. The Bertz CT molecular complexity index is 1210. The number of hydrazone groups is 1. The Hall–Kier alpha value is -3.41. The third kappa shape index (κ3) is 5.84. The number of hydrogen-bond donors (Lipinski definition) is 1. The topological polar surface area (TPSA) is 83.7 Å². The number of carbonyl (C=O) groups is 1. The SMILES string of the molecule is COc1cc(/C=N\NC(=O)c2ccc(C#N)cc2F)cc(Cl)c1OCc1ccc(Br)cc1. The molecule has 3 rings (SSSR count). The summed E-state index contributed by atoms with van der Waals surface area (Å²) in [6, 6.07) is 16.3. The summed E-state index contributed by atoms with van der Waals surface area (Å²) in [4.78, 5) is 12.1. The van der Waals surface area contributed by atoms with Gasteiger partial charge in [0, 0.05) is 4.47 Å². The number of rotatable bonds is 7. The summed E-state index contributed by atoms with van der Waals surface area (Å²) in [5, 5.41) is 12.9. The molecule has 162 valence electrons. The predicted molar refractivity (Wildman–Crippen MR) is 123 cm³/mol. The first-order valence-corrected chi connectivity index (χ1v) is 10.4. The fourth-order valence-electron chi connectivity index (χ4n) is 2.68. The van der Waals surface area contributed by atoms with Crippen molar-refractivity contribution in [2.75, 3.05) is 7.11 Å². The molecule has 0 saturated carbocycles. The highest BCUT2D eigenvalue weighted by atomic mass is 79.9. The van der Waals surface area contributed by atoms with Crippen LogP contribution in [-0.2, 0) is 6.61 Å². The van der Waals surface area contributed by atoms with Crippen LogP contribution in [0.1, 0.15) is 27.0 Å². The number of methoxy groups -OCH3 is 1. The van der Waals surface area contributed by atoms with Crippen molar-refractivity contribution >= 4 is 39.7 Å². The molecule has 3 aromatic rings. The Balaban J connectivity index is 1.69. The van der Waals surface area contributed by atoms with E-state index < -0.39 is 11.7 Å². The lowest BCUT2D eigenvalue weighted by atomic mass is 10.1. The van der Waals surface area contributed by atoms with Gasteiger partial charge in [-0.1, -0.05) is 39.7 Å². The molecule has 32 heavy (non-hydrogen) atoms. The summed E-state index contributed by atoms with van der Waals surface area (Å²) in [6.45, 7) is 0.295. The molecule has 0 atom stereocenters. The van der Waals surface area contributed by atoms with Crippen molar-refractivity contribution in [3.8, 4) is 17.6 Å². The van der Waals surface area contributed by atoms with Crippen molar-refractivity contribution < 1.29 is 18.7 Å². The molecule has 1 N–H and O–H groups in total. The third-order valence-corrected chi connectivity index (χ3v) is 5.08. The molecule has 3 aromatic carbocycles. The smallest absolute Gasteiger partial charge is 0.274 e. The summed E-state index contributed by atoms with van der Waals surface area (Å²) < 4.78 is 26.1. The highest BCUT2D eigenvalue weighted by Gasteiger charge is 2.13. The minimum Gasteiger partial charge on any atom is -0.493 e. The van der Waals surface area contributed by atoms with E-state index in [1.807, 2.05) is 24.3 Å². The number of carbonyl (C=O) groups excluding carboxylic acids is 1. The van der Waals surface area contributed by atoms with Crippen molar-refractivity contribution in [3.05, 3.63) is 92.2 Å². The zero-order valence-corrected chi connectivity index (χ0v) is 19.1. The van der Waals surface area contributed by atoms with Crippen molar-refractivity contribution in [2.24, 2.45) is 5.10 Å². The van der Waals surface area contributed by atoms with Crippen molar-refractivity contribution in [1.82, 2.24) is 5.43 Å². The van der Waals surface area contributed by atoms with Crippen LogP contribution in [0.15, 0.2) is 64.2 Å². The molecule has 0 aliphatic carbocycles. The van der Waals surface area contributed by atoms with Crippen LogP contribution in [0.4, 0.5) is 4.39 Å². The first-order chi connectivity index (χ1) is 15.4. The van der Waals surface area contributed by atoms with E-state index in [-0.39, 0.29) is 11.1 Å². The quantitative estimate of drug-likeness (QED) is 0.334. The highest BCUT2D eigenvalue weighted by molar-refractivity contribution is 9.10. The number of hydrogen-bond acceptors (Lipinski definition) is 5. The Morgan fingerprint density at radius 2 is 2.00 bits per heavy atom. The Morgan fingerprint density at radius 1 is 1.25 bits per heavy atom. The lowest BCUT2D eigenvalue weighted by Crippen LogP contribution is -2.19. The third-order valence-electron chi connectivity index (χ3n) is 4.27. The number of nitrogens with one attached hydrogen (secondary N) is 1. The molecule has 0 heterocycles. The molecule has 1 amide bonds. The van der Waals surface area contributed by atoms with Crippen LogP contribution in [0.2, 0.25) is 5.02 Å². The lowest BCUT2D eigenvalue weighted by Gasteiger charge is -2.13. The van der Waals surface area contributed by atoms with Crippen LogP contribution in [0.5, 0.6) is 11.5 Å². The van der Waals surface area contributed by atoms with Crippen LogP contribution in [0, 0.1) is 17.1 Å². The molecule has 0 aliphatic heterocycles.